The molecular formula is C35H41N7O4. The first-order valence-electron chi connectivity index (χ1n) is 15.7. The second-order valence-corrected chi connectivity index (χ2v) is 12.8. The lowest BCUT2D eigenvalue weighted by Gasteiger charge is -2.35. The number of piperazine rings is 1. The summed E-state index contributed by atoms with van der Waals surface area (Å²) in [5.74, 6) is 0.673. The van der Waals surface area contributed by atoms with Crippen LogP contribution in [0.4, 0.5) is 4.79 Å². The van der Waals surface area contributed by atoms with Crippen molar-refractivity contribution >= 4 is 28.4 Å². The highest BCUT2D eigenvalue weighted by Crippen LogP contribution is 2.25. The maximum atomic E-state index is 13.6. The van der Waals surface area contributed by atoms with Crippen LogP contribution in [0.5, 0.6) is 5.75 Å². The van der Waals surface area contributed by atoms with E-state index < -0.39 is 5.60 Å². The van der Waals surface area contributed by atoms with Crippen molar-refractivity contribution in [2.24, 2.45) is 0 Å². The van der Waals surface area contributed by atoms with Gasteiger partial charge in [0.15, 0.2) is 5.78 Å². The number of ketones is 1. The summed E-state index contributed by atoms with van der Waals surface area (Å²) in [5, 5.41) is 5.79. The Morgan fingerprint density at radius 2 is 1.76 bits per heavy atom. The topological polar surface area (TPSA) is 107 Å². The zero-order valence-electron chi connectivity index (χ0n) is 27.2. The number of hydrogen-bond donors (Lipinski definition) is 0. The molecule has 4 aromatic heterocycles. The predicted molar refractivity (Wildman–Crippen MR) is 176 cm³/mol. The van der Waals surface area contributed by atoms with Gasteiger partial charge in [-0.1, -0.05) is 18.2 Å². The highest BCUT2D eigenvalue weighted by atomic mass is 16.6. The first kappa shape index (κ1) is 31.2. The minimum atomic E-state index is -0.495. The van der Waals surface area contributed by atoms with Crippen LogP contribution in [-0.2, 0) is 17.7 Å². The van der Waals surface area contributed by atoms with Crippen LogP contribution in [0.1, 0.15) is 53.9 Å². The highest BCUT2D eigenvalue weighted by Gasteiger charge is 2.26. The van der Waals surface area contributed by atoms with E-state index in [1.807, 2.05) is 98.4 Å². The number of ether oxygens (including phenoxy) is 2. The quantitative estimate of drug-likeness (QED) is 0.209. The number of aryl methyl sites for hydroxylation is 2. The number of nitrogens with zero attached hydrogens (tertiary/aromatic N) is 7. The van der Waals surface area contributed by atoms with Gasteiger partial charge in [-0.05, 0) is 64.4 Å². The number of carbonyl (C=O) groups is 2. The van der Waals surface area contributed by atoms with Crippen molar-refractivity contribution < 1.29 is 19.1 Å². The van der Waals surface area contributed by atoms with E-state index >= 15 is 0 Å². The third-order valence-electron chi connectivity index (χ3n) is 8.12. The van der Waals surface area contributed by atoms with E-state index in [2.05, 4.69) is 14.9 Å². The zero-order chi connectivity index (χ0) is 32.4. The van der Waals surface area contributed by atoms with E-state index in [0.717, 1.165) is 53.2 Å². The van der Waals surface area contributed by atoms with E-state index in [0.29, 0.717) is 43.3 Å². The van der Waals surface area contributed by atoms with Crippen molar-refractivity contribution in [2.75, 3.05) is 39.3 Å². The molecule has 0 aliphatic carbocycles. The lowest BCUT2D eigenvalue weighted by atomic mass is 10.0. The summed E-state index contributed by atoms with van der Waals surface area (Å²) < 4.78 is 15.3. The van der Waals surface area contributed by atoms with Crippen LogP contribution in [-0.4, -0.2) is 90.8 Å². The molecule has 1 amide bonds. The number of rotatable bonds is 9. The number of benzene rings is 1. The number of amides is 1. The molecule has 0 radical (unpaired) electrons. The Kier molecular flexibility index (Phi) is 8.77. The number of Topliss-reactive ketones (excluding diaryl/α,β-unsaturated/α-hetero) is 1. The van der Waals surface area contributed by atoms with Gasteiger partial charge in [0.1, 0.15) is 29.3 Å². The Hall–Kier alpha value is -4.77. The molecule has 240 valence electrons. The van der Waals surface area contributed by atoms with Crippen molar-refractivity contribution in [2.45, 2.75) is 53.2 Å². The maximum absolute atomic E-state index is 13.6. The monoisotopic (exact) mass is 623 g/mol. The minimum Gasteiger partial charge on any atom is -0.492 e. The number of fused-ring (bicyclic) bond motifs is 2. The molecule has 5 heterocycles. The summed E-state index contributed by atoms with van der Waals surface area (Å²) in [5.41, 5.74) is 5.40. The third-order valence-corrected chi connectivity index (χ3v) is 8.12. The Balaban J connectivity index is 1.06. The summed E-state index contributed by atoms with van der Waals surface area (Å²) in [6, 6.07) is 15.7. The maximum Gasteiger partial charge on any atom is 0.410 e. The Labute approximate surface area is 268 Å². The lowest BCUT2D eigenvalue weighted by molar-refractivity contribution is 0.0137. The molecule has 0 unspecified atom stereocenters. The summed E-state index contributed by atoms with van der Waals surface area (Å²) >= 11 is 0. The van der Waals surface area contributed by atoms with Crippen LogP contribution in [0.3, 0.4) is 0 Å². The van der Waals surface area contributed by atoms with Gasteiger partial charge in [-0.15, -0.1) is 0 Å². The molecular weight excluding hydrogens is 582 g/mol. The van der Waals surface area contributed by atoms with Gasteiger partial charge in [0.05, 0.1) is 29.6 Å². The van der Waals surface area contributed by atoms with E-state index in [4.69, 9.17) is 14.6 Å². The van der Waals surface area contributed by atoms with Crippen LogP contribution in [0.25, 0.3) is 16.6 Å². The number of aromatic nitrogens is 5. The van der Waals surface area contributed by atoms with Gasteiger partial charge in [0.2, 0.25) is 0 Å². The molecule has 5 aromatic rings. The van der Waals surface area contributed by atoms with Crippen LogP contribution in [0.15, 0.2) is 60.9 Å². The molecule has 1 saturated heterocycles. The third kappa shape index (κ3) is 7.04. The van der Waals surface area contributed by atoms with E-state index in [-0.39, 0.29) is 18.3 Å². The van der Waals surface area contributed by atoms with Crippen LogP contribution >= 0.6 is 0 Å². The SMILES string of the molecule is Cc1cccc(Cn2nc(C)c3c(CC(=O)c4cnc5cc(OCCN6CCN(C(=O)OC(C)(C)C)CC6)ccn45)cccc32)n1. The first-order valence-corrected chi connectivity index (χ1v) is 15.7. The molecule has 1 fully saturated rings. The Bertz CT molecular complexity index is 1880. The van der Waals surface area contributed by atoms with E-state index in [1.165, 1.54) is 0 Å². The number of pyridine rings is 2. The number of hydrogen-bond acceptors (Lipinski definition) is 8. The standard InChI is InChI=1S/C35H41N7O4/c1-24-8-6-10-27(37-24)23-42-29-11-7-9-26(33(29)25(2)38-42)20-31(43)30-22-36-32-21-28(12-13-41(30)32)45-19-18-39-14-16-40(17-15-39)34(44)46-35(3,4)5/h6-13,21-22H,14-20,23H2,1-5H3. The highest BCUT2D eigenvalue weighted by molar-refractivity contribution is 5.99. The molecule has 0 atom stereocenters. The lowest BCUT2D eigenvalue weighted by Crippen LogP contribution is -2.50. The molecule has 0 bridgehead atoms. The number of carbonyl (C=O) groups excluding carboxylic acids is 2. The van der Waals surface area contributed by atoms with Crippen LogP contribution < -0.4 is 4.74 Å². The van der Waals surface area contributed by atoms with Gasteiger partial charge in [-0.25, -0.2) is 9.78 Å². The molecule has 1 aromatic carbocycles. The van der Waals surface area contributed by atoms with E-state index in [9.17, 15) is 9.59 Å². The summed E-state index contributed by atoms with van der Waals surface area (Å²) in [6.07, 6.45) is 3.44. The van der Waals surface area contributed by atoms with Gasteiger partial charge in [0, 0.05) is 62.5 Å². The molecule has 0 N–H and O–H groups in total. The van der Waals surface area contributed by atoms with Crippen LogP contribution in [0, 0.1) is 13.8 Å². The minimum absolute atomic E-state index is 0.0216. The van der Waals surface area contributed by atoms with Crippen molar-refractivity contribution in [1.29, 1.82) is 0 Å². The smallest absolute Gasteiger partial charge is 0.410 e. The average Bonchev–Trinajstić information content (AvgIpc) is 3.57. The molecule has 1 aliphatic rings. The fourth-order valence-electron chi connectivity index (χ4n) is 5.91. The second kappa shape index (κ2) is 12.9. The van der Waals surface area contributed by atoms with Crippen molar-refractivity contribution in [3.63, 3.8) is 0 Å². The number of imidazole rings is 1. The first-order chi connectivity index (χ1) is 22.0. The predicted octanol–water partition coefficient (Wildman–Crippen LogP) is 5.10. The molecule has 11 nitrogen and oxygen atoms in total. The Morgan fingerprint density at radius 1 is 0.978 bits per heavy atom. The fraction of sp³-hybridized carbons (Fsp3) is 0.400. The summed E-state index contributed by atoms with van der Waals surface area (Å²) in [7, 11) is 0. The van der Waals surface area contributed by atoms with E-state index in [1.54, 1.807) is 11.1 Å². The molecule has 1 aliphatic heterocycles. The summed E-state index contributed by atoms with van der Waals surface area (Å²) in [6.45, 7) is 14.2. The molecule has 6 rings (SSSR count). The molecule has 0 spiro atoms. The molecule has 46 heavy (non-hydrogen) atoms. The molecule has 11 heteroatoms. The van der Waals surface area contributed by atoms with Crippen molar-refractivity contribution in [3.8, 4) is 5.75 Å². The molecule has 0 saturated carbocycles. The summed E-state index contributed by atoms with van der Waals surface area (Å²) in [4.78, 5) is 39.1. The van der Waals surface area contributed by atoms with Gasteiger partial charge in [-0.3, -0.25) is 23.8 Å². The fourth-order valence-corrected chi connectivity index (χ4v) is 5.91. The normalized spacial score (nSPS) is 14.2. The zero-order valence-corrected chi connectivity index (χ0v) is 27.2. The van der Waals surface area contributed by atoms with Gasteiger partial charge in [-0.2, -0.15) is 5.10 Å². The second-order valence-electron chi connectivity index (χ2n) is 12.8. The largest absolute Gasteiger partial charge is 0.492 e. The Morgan fingerprint density at radius 3 is 2.52 bits per heavy atom. The van der Waals surface area contributed by atoms with Gasteiger partial charge in [0.25, 0.3) is 0 Å². The van der Waals surface area contributed by atoms with Crippen molar-refractivity contribution in [1.82, 2.24) is 33.9 Å². The van der Waals surface area contributed by atoms with Crippen LogP contribution in [0.2, 0.25) is 0 Å². The average molecular weight is 624 g/mol. The van der Waals surface area contributed by atoms with Gasteiger partial charge >= 0.3 is 6.09 Å². The van der Waals surface area contributed by atoms with Gasteiger partial charge < -0.3 is 14.4 Å². The van der Waals surface area contributed by atoms with Crippen molar-refractivity contribution in [3.05, 3.63) is 89.3 Å².